The van der Waals surface area contributed by atoms with Gasteiger partial charge in [0.15, 0.2) is 6.39 Å². The predicted molar refractivity (Wildman–Crippen MR) is 120 cm³/mol. The molecule has 0 spiro atoms. The Bertz CT molecular complexity index is 1520. The Labute approximate surface area is 189 Å². The van der Waals surface area contributed by atoms with Crippen LogP contribution < -0.4 is 4.72 Å². The van der Waals surface area contributed by atoms with Gasteiger partial charge in [-0.25, -0.2) is 23.1 Å². The fraction of sp³-hybridized carbons (Fsp3) is 0.0870. The van der Waals surface area contributed by atoms with Gasteiger partial charge in [0.1, 0.15) is 18.2 Å². The average Bonchev–Trinajstić information content (AvgIpc) is 3.59. The van der Waals surface area contributed by atoms with E-state index in [-0.39, 0.29) is 10.8 Å². The molecule has 0 aliphatic carbocycles. The predicted octanol–water partition coefficient (Wildman–Crippen LogP) is 5.07. The smallest absolute Gasteiger partial charge is 0.264 e. The third-order valence-electron chi connectivity index (χ3n) is 5.26. The number of rotatable bonds is 6. The summed E-state index contributed by atoms with van der Waals surface area (Å²) in [7, 11) is -4.00. The van der Waals surface area contributed by atoms with E-state index in [0.717, 1.165) is 0 Å². The second-order valence-corrected chi connectivity index (χ2v) is 8.95. The van der Waals surface area contributed by atoms with Gasteiger partial charge < -0.3 is 13.4 Å². The molecule has 0 aliphatic rings. The zero-order valence-corrected chi connectivity index (χ0v) is 18.5. The summed E-state index contributed by atoms with van der Waals surface area (Å²) in [6, 6.07) is 12.1. The number of anilines is 1. The Balaban J connectivity index is 1.66. The molecule has 33 heavy (non-hydrogen) atoms. The highest BCUT2D eigenvalue weighted by atomic mass is 32.2. The molecule has 0 saturated carbocycles. The van der Waals surface area contributed by atoms with Crippen molar-refractivity contribution in [1.82, 2.24) is 15.1 Å². The number of nitrogens with one attached hydrogen (secondary N) is 1. The molecule has 2 aromatic carbocycles. The molecule has 5 aromatic rings. The van der Waals surface area contributed by atoms with Crippen LogP contribution in [0.4, 0.5) is 5.88 Å². The average molecular weight is 462 g/mol. The molecule has 0 saturated heterocycles. The van der Waals surface area contributed by atoms with Crippen LogP contribution >= 0.6 is 0 Å². The monoisotopic (exact) mass is 462 g/mol. The lowest BCUT2D eigenvalue weighted by Gasteiger charge is -2.14. The summed E-state index contributed by atoms with van der Waals surface area (Å²) in [5, 5.41) is 3.82. The van der Waals surface area contributed by atoms with Crippen molar-refractivity contribution in [2.75, 3.05) is 4.72 Å². The van der Waals surface area contributed by atoms with E-state index in [9.17, 15) is 8.42 Å². The molecule has 0 atom stereocenters. The van der Waals surface area contributed by atoms with Crippen LogP contribution in [0.2, 0.25) is 0 Å². The van der Waals surface area contributed by atoms with Crippen molar-refractivity contribution in [1.29, 1.82) is 0 Å². The molecular formula is C23H18N4O5S. The molecule has 0 unspecified atom stereocenters. The number of sulfonamides is 1. The van der Waals surface area contributed by atoms with Crippen molar-refractivity contribution < 1.29 is 21.8 Å². The van der Waals surface area contributed by atoms with Gasteiger partial charge in [-0.05, 0) is 37.6 Å². The van der Waals surface area contributed by atoms with Crippen LogP contribution in [0.25, 0.3) is 33.8 Å². The summed E-state index contributed by atoms with van der Waals surface area (Å²) < 4.78 is 45.0. The van der Waals surface area contributed by atoms with Crippen molar-refractivity contribution in [2.24, 2.45) is 0 Å². The van der Waals surface area contributed by atoms with E-state index in [1.54, 1.807) is 38.2 Å². The Morgan fingerprint density at radius 2 is 1.82 bits per heavy atom. The maximum absolute atomic E-state index is 13.4. The summed E-state index contributed by atoms with van der Waals surface area (Å²) in [6.45, 7) is 3.48. The van der Waals surface area contributed by atoms with Crippen LogP contribution in [0.1, 0.15) is 11.3 Å². The standard InChI is InChI=1S/C23H18N4O5S/c1-14-15(2)26-32-22(14)27-33(28,29)21-6-4-3-5-18(21)17-8-7-16(23-24-9-10-31-23)11-19(17)20-12-30-13-25-20/h3-13,27H,1-2H3. The first kappa shape index (κ1) is 20.7. The Kier molecular flexibility index (Phi) is 5.06. The number of oxazole rings is 2. The van der Waals surface area contributed by atoms with Crippen LogP contribution in [0.5, 0.6) is 0 Å². The van der Waals surface area contributed by atoms with Crippen LogP contribution in [0.15, 0.2) is 85.8 Å². The number of benzene rings is 2. The van der Waals surface area contributed by atoms with Gasteiger partial charge in [-0.3, -0.25) is 0 Å². The molecule has 3 heterocycles. The van der Waals surface area contributed by atoms with E-state index in [4.69, 9.17) is 13.4 Å². The lowest BCUT2D eigenvalue weighted by Crippen LogP contribution is -2.14. The van der Waals surface area contributed by atoms with Gasteiger partial charge in [0, 0.05) is 22.3 Å². The maximum Gasteiger partial charge on any atom is 0.264 e. The highest BCUT2D eigenvalue weighted by molar-refractivity contribution is 7.92. The van der Waals surface area contributed by atoms with Crippen molar-refractivity contribution in [2.45, 2.75) is 18.7 Å². The van der Waals surface area contributed by atoms with Crippen molar-refractivity contribution in [3.8, 4) is 33.8 Å². The van der Waals surface area contributed by atoms with Crippen LogP contribution in [-0.4, -0.2) is 23.5 Å². The minimum absolute atomic E-state index is 0.0760. The normalized spacial score (nSPS) is 11.6. The molecule has 0 amide bonds. The second-order valence-electron chi connectivity index (χ2n) is 7.30. The molecule has 166 valence electrons. The first-order chi connectivity index (χ1) is 15.9. The van der Waals surface area contributed by atoms with Crippen LogP contribution in [0.3, 0.4) is 0 Å². The molecule has 0 fully saturated rings. The SMILES string of the molecule is Cc1noc(NS(=O)(=O)c2ccccc2-c2ccc(-c3ncco3)cc2-c2cocn2)c1C. The number of aryl methyl sites for hydroxylation is 1. The van der Waals surface area contributed by atoms with Gasteiger partial charge in [-0.15, -0.1) is 0 Å². The minimum atomic E-state index is -4.00. The highest BCUT2D eigenvalue weighted by Crippen LogP contribution is 2.38. The fourth-order valence-electron chi connectivity index (χ4n) is 3.45. The second kappa shape index (κ2) is 8.06. The number of nitrogens with zero attached hydrogens (tertiary/aromatic N) is 3. The minimum Gasteiger partial charge on any atom is -0.451 e. The lowest BCUT2D eigenvalue weighted by molar-refractivity contribution is 0.430. The number of hydrogen-bond donors (Lipinski definition) is 1. The van der Waals surface area contributed by atoms with E-state index >= 15 is 0 Å². The summed E-state index contributed by atoms with van der Waals surface area (Å²) in [6.07, 6.45) is 5.85. The molecule has 3 aromatic heterocycles. The Hall–Kier alpha value is -4.18. The Morgan fingerprint density at radius 1 is 0.970 bits per heavy atom. The lowest BCUT2D eigenvalue weighted by atomic mass is 9.95. The molecule has 5 rings (SSSR count). The number of aromatic nitrogens is 3. The topological polar surface area (TPSA) is 124 Å². The molecule has 1 N–H and O–H groups in total. The van der Waals surface area contributed by atoms with Gasteiger partial charge in [0.05, 0.1) is 16.8 Å². The number of hydrogen-bond acceptors (Lipinski definition) is 8. The van der Waals surface area contributed by atoms with Gasteiger partial charge in [-0.1, -0.05) is 29.4 Å². The van der Waals surface area contributed by atoms with Gasteiger partial charge in [0.25, 0.3) is 10.0 Å². The third-order valence-corrected chi connectivity index (χ3v) is 6.65. The highest BCUT2D eigenvalue weighted by Gasteiger charge is 2.24. The molecule has 0 aliphatic heterocycles. The summed E-state index contributed by atoms with van der Waals surface area (Å²) in [4.78, 5) is 8.53. The summed E-state index contributed by atoms with van der Waals surface area (Å²) in [5.41, 5.74) is 4.27. The van der Waals surface area contributed by atoms with Crippen molar-refractivity contribution in [3.63, 3.8) is 0 Å². The zero-order valence-electron chi connectivity index (χ0n) is 17.6. The van der Waals surface area contributed by atoms with Gasteiger partial charge in [-0.2, -0.15) is 0 Å². The molecule has 10 heteroatoms. The first-order valence-corrected chi connectivity index (χ1v) is 11.4. The van der Waals surface area contributed by atoms with E-state index < -0.39 is 10.0 Å². The quantitative estimate of drug-likeness (QED) is 0.371. The van der Waals surface area contributed by atoms with E-state index in [1.165, 1.54) is 25.0 Å². The maximum atomic E-state index is 13.4. The molecule has 0 bridgehead atoms. The van der Waals surface area contributed by atoms with Gasteiger partial charge in [0.2, 0.25) is 11.8 Å². The largest absolute Gasteiger partial charge is 0.451 e. The van der Waals surface area contributed by atoms with Crippen molar-refractivity contribution >= 4 is 15.9 Å². The molecular weight excluding hydrogens is 444 g/mol. The van der Waals surface area contributed by atoms with Crippen LogP contribution in [0, 0.1) is 13.8 Å². The molecule has 0 radical (unpaired) electrons. The third kappa shape index (κ3) is 3.80. The first-order valence-electron chi connectivity index (χ1n) is 9.91. The summed E-state index contributed by atoms with van der Waals surface area (Å²) >= 11 is 0. The van der Waals surface area contributed by atoms with Crippen LogP contribution in [-0.2, 0) is 10.0 Å². The molecule has 9 nitrogen and oxygen atoms in total. The van der Waals surface area contributed by atoms with Gasteiger partial charge >= 0.3 is 0 Å². The van der Waals surface area contributed by atoms with Crippen molar-refractivity contribution in [3.05, 3.63) is 78.8 Å². The van der Waals surface area contributed by atoms with E-state index in [1.807, 2.05) is 18.2 Å². The Morgan fingerprint density at radius 3 is 2.52 bits per heavy atom. The zero-order chi connectivity index (χ0) is 23.0. The fourth-order valence-corrected chi connectivity index (χ4v) is 4.72. The van der Waals surface area contributed by atoms with E-state index in [2.05, 4.69) is 19.8 Å². The van der Waals surface area contributed by atoms with E-state index in [0.29, 0.717) is 45.1 Å². The summed E-state index contributed by atoms with van der Waals surface area (Å²) in [5.74, 6) is 0.517.